The first-order valence-corrected chi connectivity index (χ1v) is 7.07. The summed E-state index contributed by atoms with van der Waals surface area (Å²) in [6.45, 7) is 0.675. The van der Waals surface area contributed by atoms with Crippen LogP contribution in [0.1, 0.15) is 29.6 Å². The minimum absolute atomic E-state index is 0.138. The van der Waals surface area contributed by atoms with E-state index >= 15 is 0 Å². The van der Waals surface area contributed by atoms with E-state index in [1.807, 2.05) is 0 Å². The molecule has 0 aromatic heterocycles. The predicted molar refractivity (Wildman–Crippen MR) is 68.8 cm³/mol. The molecule has 1 fully saturated rings. The van der Waals surface area contributed by atoms with Gasteiger partial charge < -0.3 is 4.90 Å². The second-order valence-corrected chi connectivity index (χ2v) is 5.08. The van der Waals surface area contributed by atoms with Gasteiger partial charge in [-0.2, -0.15) is 0 Å². The molecular formula is C13H14BrF2NO. The highest BCUT2D eigenvalue weighted by Gasteiger charge is 2.26. The molecule has 18 heavy (non-hydrogen) atoms. The quantitative estimate of drug-likeness (QED) is 0.766. The van der Waals surface area contributed by atoms with Gasteiger partial charge in [0.1, 0.15) is 0 Å². The van der Waals surface area contributed by atoms with Crippen LogP contribution in [0.2, 0.25) is 0 Å². The highest BCUT2D eigenvalue weighted by Crippen LogP contribution is 2.21. The van der Waals surface area contributed by atoms with Gasteiger partial charge in [-0.25, -0.2) is 8.78 Å². The van der Waals surface area contributed by atoms with Crippen molar-refractivity contribution in [1.29, 1.82) is 0 Å². The van der Waals surface area contributed by atoms with Crippen LogP contribution >= 0.6 is 15.9 Å². The summed E-state index contributed by atoms with van der Waals surface area (Å²) in [6, 6.07) is 3.44. The zero-order valence-corrected chi connectivity index (χ0v) is 11.4. The number of piperidine rings is 1. The van der Waals surface area contributed by atoms with E-state index in [0.29, 0.717) is 11.9 Å². The summed E-state index contributed by atoms with van der Waals surface area (Å²) >= 11 is 3.39. The highest BCUT2D eigenvalue weighted by atomic mass is 79.9. The molecular weight excluding hydrogens is 304 g/mol. The fourth-order valence-electron chi connectivity index (χ4n) is 2.22. The lowest BCUT2D eigenvalue weighted by atomic mass is 10.0. The molecule has 1 aliphatic heterocycles. The molecule has 0 radical (unpaired) electrons. The summed E-state index contributed by atoms with van der Waals surface area (Å²) in [6.07, 6.45) is 3.00. The Morgan fingerprint density at radius 3 is 2.78 bits per heavy atom. The smallest absolute Gasteiger partial charge is 0.254 e. The lowest BCUT2D eigenvalue weighted by Crippen LogP contribution is -2.44. The molecule has 1 heterocycles. The Labute approximate surface area is 113 Å². The van der Waals surface area contributed by atoms with Gasteiger partial charge >= 0.3 is 0 Å². The van der Waals surface area contributed by atoms with Crippen LogP contribution in [0.4, 0.5) is 8.78 Å². The summed E-state index contributed by atoms with van der Waals surface area (Å²) < 4.78 is 26.0. The van der Waals surface area contributed by atoms with Gasteiger partial charge in [0.05, 0.1) is 0 Å². The number of hydrogen-bond donors (Lipinski definition) is 0. The van der Waals surface area contributed by atoms with E-state index in [0.717, 1.165) is 31.4 Å². The molecule has 0 aliphatic carbocycles. The van der Waals surface area contributed by atoms with E-state index in [1.165, 1.54) is 6.07 Å². The Kier molecular flexibility index (Phi) is 4.32. The summed E-state index contributed by atoms with van der Waals surface area (Å²) in [5.41, 5.74) is 0.210. The van der Waals surface area contributed by atoms with Gasteiger partial charge in [-0.1, -0.05) is 15.9 Å². The molecule has 2 rings (SSSR count). The van der Waals surface area contributed by atoms with Crippen LogP contribution < -0.4 is 0 Å². The minimum Gasteiger partial charge on any atom is -0.335 e. The van der Waals surface area contributed by atoms with Crippen LogP contribution in [-0.2, 0) is 0 Å². The molecule has 0 N–H and O–H groups in total. The maximum Gasteiger partial charge on any atom is 0.254 e. The Balaban J connectivity index is 2.21. The molecule has 1 saturated heterocycles. The summed E-state index contributed by atoms with van der Waals surface area (Å²) in [7, 11) is 0. The number of halogens is 3. The topological polar surface area (TPSA) is 20.3 Å². The van der Waals surface area contributed by atoms with Crippen LogP contribution in [0.15, 0.2) is 18.2 Å². The van der Waals surface area contributed by atoms with E-state index in [2.05, 4.69) is 15.9 Å². The first kappa shape index (κ1) is 13.5. The average Bonchev–Trinajstić information content (AvgIpc) is 2.41. The predicted octanol–water partition coefficient (Wildman–Crippen LogP) is 3.35. The van der Waals surface area contributed by atoms with Crippen molar-refractivity contribution in [1.82, 2.24) is 4.90 Å². The Morgan fingerprint density at radius 1 is 1.33 bits per heavy atom. The molecule has 0 bridgehead atoms. The van der Waals surface area contributed by atoms with Gasteiger partial charge in [0.25, 0.3) is 5.91 Å². The molecule has 0 spiro atoms. The highest BCUT2D eigenvalue weighted by molar-refractivity contribution is 9.09. The molecule has 1 aromatic rings. The van der Waals surface area contributed by atoms with E-state index in [-0.39, 0.29) is 17.5 Å². The van der Waals surface area contributed by atoms with Crippen molar-refractivity contribution in [3.63, 3.8) is 0 Å². The lowest BCUT2D eigenvalue weighted by Gasteiger charge is -2.34. The van der Waals surface area contributed by atoms with Gasteiger partial charge in [-0.15, -0.1) is 0 Å². The van der Waals surface area contributed by atoms with Gasteiger partial charge in [0.15, 0.2) is 11.6 Å². The molecule has 1 unspecified atom stereocenters. The summed E-state index contributed by atoms with van der Waals surface area (Å²) in [4.78, 5) is 14.0. The molecule has 98 valence electrons. The van der Waals surface area contributed by atoms with Crippen molar-refractivity contribution >= 4 is 21.8 Å². The normalized spacial score (nSPS) is 19.9. The Bertz CT molecular complexity index is 453. The number of benzene rings is 1. The number of hydrogen-bond acceptors (Lipinski definition) is 1. The third-order valence-electron chi connectivity index (χ3n) is 3.23. The number of carbonyl (C=O) groups excluding carboxylic acids is 1. The van der Waals surface area contributed by atoms with Gasteiger partial charge in [-0.3, -0.25) is 4.79 Å². The maximum absolute atomic E-state index is 13.1. The second-order valence-electron chi connectivity index (χ2n) is 4.43. The average molecular weight is 318 g/mol. The van der Waals surface area contributed by atoms with Crippen molar-refractivity contribution in [2.24, 2.45) is 0 Å². The van der Waals surface area contributed by atoms with Crippen molar-refractivity contribution in [2.75, 3.05) is 11.9 Å². The standard InChI is InChI=1S/C13H14BrF2NO/c14-8-10-3-1-2-6-17(10)13(18)9-4-5-11(15)12(16)7-9/h4-5,7,10H,1-3,6,8H2. The van der Waals surface area contributed by atoms with Crippen molar-refractivity contribution in [3.05, 3.63) is 35.4 Å². The molecule has 1 aromatic carbocycles. The van der Waals surface area contributed by atoms with E-state index < -0.39 is 11.6 Å². The SMILES string of the molecule is O=C(c1ccc(F)c(F)c1)N1CCCCC1CBr. The molecule has 1 amide bonds. The monoisotopic (exact) mass is 317 g/mol. The Morgan fingerprint density at radius 2 is 2.11 bits per heavy atom. The van der Waals surface area contributed by atoms with Crippen LogP contribution in [0.5, 0.6) is 0 Å². The van der Waals surface area contributed by atoms with Gasteiger partial charge in [-0.05, 0) is 37.5 Å². The number of amides is 1. The van der Waals surface area contributed by atoms with Crippen molar-refractivity contribution < 1.29 is 13.6 Å². The molecule has 0 saturated carbocycles. The molecule has 1 aliphatic rings. The maximum atomic E-state index is 13.1. The fourth-order valence-corrected chi connectivity index (χ4v) is 2.90. The van der Waals surface area contributed by atoms with E-state index in [9.17, 15) is 13.6 Å². The first-order chi connectivity index (χ1) is 8.63. The van der Waals surface area contributed by atoms with Crippen LogP contribution in [0, 0.1) is 11.6 Å². The zero-order valence-electron chi connectivity index (χ0n) is 9.83. The molecule has 5 heteroatoms. The third-order valence-corrected chi connectivity index (χ3v) is 3.98. The third kappa shape index (κ3) is 2.71. The zero-order chi connectivity index (χ0) is 13.1. The van der Waals surface area contributed by atoms with Crippen LogP contribution in [0.3, 0.4) is 0 Å². The number of nitrogens with zero attached hydrogens (tertiary/aromatic N) is 1. The van der Waals surface area contributed by atoms with Gasteiger partial charge in [0.2, 0.25) is 0 Å². The molecule has 2 nitrogen and oxygen atoms in total. The van der Waals surface area contributed by atoms with Crippen molar-refractivity contribution in [2.45, 2.75) is 25.3 Å². The van der Waals surface area contributed by atoms with Crippen molar-refractivity contribution in [3.8, 4) is 0 Å². The summed E-state index contributed by atoms with van der Waals surface area (Å²) in [5.74, 6) is -2.13. The first-order valence-electron chi connectivity index (χ1n) is 5.95. The summed E-state index contributed by atoms with van der Waals surface area (Å²) in [5, 5.41) is 0.711. The van der Waals surface area contributed by atoms with E-state index in [4.69, 9.17) is 0 Å². The Hall–Kier alpha value is -0.970. The fraction of sp³-hybridized carbons (Fsp3) is 0.462. The number of carbonyl (C=O) groups is 1. The van der Waals surface area contributed by atoms with Crippen LogP contribution in [0.25, 0.3) is 0 Å². The minimum atomic E-state index is -0.978. The number of alkyl halides is 1. The lowest BCUT2D eigenvalue weighted by molar-refractivity contribution is 0.0641. The number of rotatable bonds is 2. The number of likely N-dealkylation sites (tertiary alicyclic amines) is 1. The van der Waals surface area contributed by atoms with Crippen LogP contribution in [-0.4, -0.2) is 28.7 Å². The van der Waals surface area contributed by atoms with E-state index in [1.54, 1.807) is 4.90 Å². The molecule has 1 atom stereocenters. The van der Waals surface area contributed by atoms with Gasteiger partial charge in [0, 0.05) is 23.5 Å². The largest absolute Gasteiger partial charge is 0.335 e. The second kappa shape index (κ2) is 5.78.